The van der Waals surface area contributed by atoms with Crippen molar-refractivity contribution >= 4 is 10.8 Å². The van der Waals surface area contributed by atoms with Gasteiger partial charge in [0.15, 0.2) is 0 Å². The second-order valence-electron chi connectivity index (χ2n) is 4.67. The van der Waals surface area contributed by atoms with Crippen molar-refractivity contribution in [1.29, 1.82) is 0 Å². The molecule has 3 rings (SSSR count). The van der Waals surface area contributed by atoms with Gasteiger partial charge in [-0.2, -0.15) is 0 Å². The van der Waals surface area contributed by atoms with Gasteiger partial charge in [-0.3, -0.25) is 4.90 Å². The summed E-state index contributed by atoms with van der Waals surface area (Å²) in [7, 11) is 0. The van der Waals surface area contributed by atoms with Crippen LogP contribution in [0.25, 0.3) is 10.8 Å². The molecular formula is C15H17N. The molecule has 82 valence electrons. The molecule has 1 aliphatic rings. The molecule has 0 N–H and O–H groups in total. The van der Waals surface area contributed by atoms with Crippen molar-refractivity contribution < 1.29 is 0 Å². The predicted molar refractivity (Wildman–Crippen MR) is 68.6 cm³/mol. The molecule has 0 aromatic heterocycles. The standard InChI is InChI=1S/C15H17N/c1-12(16-9-4-10-16)14-8-7-13-5-2-3-6-15(13)11-14/h2-3,5-8,11-12H,4,9-10H2,1H3/t12-/m0/s1. The highest BCUT2D eigenvalue weighted by molar-refractivity contribution is 5.83. The van der Waals surface area contributed by atoms with E-state index in [0.717, 1.165) is 0 Å². The van der Waals surface area contributed by atoms with E-state index in [-0.39, 0.29) is 0 Å². The highest BCUT2D eigenvalue weighted by Crippen LogP contribution is 2.27. The normalized spacial score (nSPS) is 18.3. The van der Waals surface area contributed by atoms with Crippen LogP contribution in [0.4, 0.5) is 0 Å². The Kier molecular flexibility index (Phi) is 2.41. The summed E-state index contributed by atoms with van der Waals surface area (Å²) in [5.41, 5.74) is 1.44. The van der Waals surface area contributed by atoms with Crippen molar-refractivity contribution in [1.82, 2.24) is 4.90 Å². The first-order valence-corrected chi connectivity index (χ1v) is 6.07. The van der Waals surface area contributed by atoms with Gasteiger partial charge >= 0.3 is 0 Å². The maximum atomic E-state index is 2.53. The zero-order valence-electron chi connectivity index (χ0n) is 9.69. The van der Waals surface area contributed by atoms with Gasteiger partial charge in [-0.15, -0.1) is 0 Å². The smallest absolute Gasteiger partial charge is 0.0320 e. The number of likely N-dealkylation sites (tertiary alicyclic amines) is 1. The molecule has 0 amide bonds. The first kappa shape index (κ1) is 9.86. The molecule has 0 radical (unpaired) electrons. The van der Waals surface area contributed by atoms with Crippen LogP contribution >= 0.6 is 0 Å². The average Bonchev–Trinajstić information content (AvgIpc) is 2.26. The van der Waals surface area contributed by atoms with Gasteiger partial charge in [0.05, 0.1) is 0 Å². The molecule has 1 saturated heterocycles. The van der Waals surface area contributed by atoms with E-state index in [1.54, 1.807) is 0 Å². The van der Waals surface area contributed by atoms with Gasteiger partial charge in [-0.25, -0.2) is 0 Å². The Bertz CT molecular complexity index is 500. The lowest BCUT2D eigenvalue weighted by Crippen LogP contribution is -2.38. The first-order chi connectivity index (χ1) is 7.84. The summed E-state index contributed by atoms with van der Waals surface area (Å²) in [5.74, 6) is 0. The molecule has 0 bridgehead atoms. The molecule has 2 aromatic carbocycles. The van der Waals surface area contributed by atoms with Gasteiger partial charge < -0.3 is 0 Å². The SMILES string of the molecule is C[C@@H](c1ccc2ccccc2c1)N1CCC1. The lowest BCUT2D eigenvalue weighted by Gasteiger charge is -2.36. The second-order valence-corrected chi connectivity index (χ2v) is 4.67. The van der Waals surface area contributed by atoms with Crippen molar-refractivity contribution in [2.75, 3.05) is 13.1 Å². The summed E-state index contributed by atoms with van der Waals surface area (Å²) in [6, 6.07) is 16.0. The molecule has 16 heavy (non-hydrogen) atoms. The Morgan fingerprint density at radius 3 is 2.44 bits per heavy atom. The van der Waals surface area contributed by atoms with Crippen molar-refractivity contribution in [3.8, 4) is 0 Å². The van der Waals surface area contributed by atoms with Crippen LogP contribution in [-0.4, -0.2) is 18.0 Å². The molecule has 0 unspecified atom stereocenters. The molecule has 1 heterocycles. The van der Waals surface area contributed by atoms with Crippen molar-refractivity contribution in [2.24, 2.45) is 0 Å². The van der Waals surface area contributed by atoms with Crippen molar-refractivity contribution in [3.63, 3.8) is 0 Å². The monoisotopic (exact) mass is 211 g/mol. The minimum absolute atomic E-state index is 0.568. The second kappa shape index (κ2) is 3.91. The third-order valence-electron chi connectivity index (χ3n) is 3.69. The molecule has 0 spiro atoms. The highest BCUT2D eigenvalue weighted by Gasteiger charge is 2.21. The van der Waals surface area contributed by atoms with Crippen molar-refractivity contribution in [3.05, 3.63) is 48.0 Å². The maximum absolute atomic E-state index is 2.53. The summed E-state index contributed by atoms with van der Waals surface area (Å²) in [4.78, 5) is 2.53. The topological polar surface area (TPSA) is 3.24 Å². The Balaban J connectivity index is 1.97. The Morgan fingerprint density at radius 2 is 1.75 bits per heavy atom. The fraction of sp³-hybridized carbons (Fsp3) is 0.333. The molecular weight excluding hydrogens is 194 g/mol. The summed E-state index contributed by atoms with van der Waals surface area (Å²) in [6.07, 6.45) is 1.36. The van der Waals surface area contributed by atoms with E-state index in [9.17, 15) is 0 Å². The van der Waals surface area contributed by atoms with E-state index < -0.39 is 0 Å². The van der Waals surface area contributed by atoms with Crippen LogP contribution in [-0.2, 0) is 0 Å². The molecule has 1 atom stereocenters. The largest absolute Gasteiger partial charge is 0.297 e. The summed E-state index contributed by atoms with van der Waals surface area (Å²) < 4.78 is 0. The van der Waals surface area contributed by atoms with E-state index >= 15 is 0 Å². The fourth-order valence-corrected chi connectivity index (χ4v) is 2.41. The van der Waals surface area contributed by atoms with Crippen LogP contribution in [0.1, 0.15) is 24.9 Å². The number of hydrogen-bond acceptors (Lipinski definition) is 1. The molecule has 1 nitrogen and oxygen atoms in total. The van der Waals surface area contributed by atoms with Crippen LogP contribution in [0.5, 0.6) is 0 Å². The Hall–Kier alpha value is -1.34. The Morgan fingerprint density at radius 1 is 1.00 bits per heavy atom. The lowest BCUT2D eigenvalue weighted by atomic mass is 10.00. The predicted octanol–water partition coefficient (Wildman–Crippen LogP) is 3.61. The van der Waals surface area contributed by atoms with Gasteiger partial charge in [-0.1, -0.05) is 36.4 Å². The lowest BCUT2D eigenvalue weighted by molar-refractivity contribution is 0.129. The zero-order valence-corrected chi connectivity index (χ0v) is 9.69. The van der Waals surface area contributed by atoms with Gasteiger partial charge in [0, 0.05) is 6.04 Å². The molecule has 1 aliphatic heterocycles. The number of fused-ring (bicyclic) bond motifs is 1. The van der Waals surface area contributed by atoms with Gasteiger partial charge in [-0.05, 0) is 48.8 Å². The van der Waals surface area contributed by atoms with Crippen molar-refractivity contribution in [2.45, 2.75) is 19.4 Å². The third kappa shape index (κ3) is 1.61. The third-order valence-corrected chi connectivity index (χ3v) is 3.69. The van der Waals surface area contributed by atoms with Crippen LogP contribution in [0.2, 0.25) is 0 Å². The Labute approximate surface area is 96.7 Å². The zero-order chi connectivity index (χ0) is 11.0. The van der Waals surface area contributed by atoms with Gasteiger partial charge in [0.25, 0.3) is 0 Å². The molecule has 0 aliphatic carbocycles. The first-order valence-electron chi connectivity index (χ1n) is 6.07. The average molecular weight is 211 g/mol. The molecule has 2 aromatic rings. The highest BCUT2D eigenvalue weighted by atomic mass is 15.2. The maximum Gasteiger partial charge on any atom is 0.0320 e. The molecule has 1 heteroatoms. The van der Waals surface area contributed by atoms with E-state index in [1.165, 1.54) is 35.8 Å². The van der Waals surface area contributed by atoms with Crippen LogP contribution < -0.4 is 0 Å². The van der Waals surface area contributed by atoms with Gasteiger partial charge in [0.2, 0.25) is 0 Å². The minimum Gasteiger partial charge on any atom is -0.297 e. The van der Waals surface area contributed by atoms with Gasteiger partial charge in [0.1, 0.15) is 0 Å². The number of rotatable bonds is 2. The van der Waals surface area contributed by atoms with E-state index in [2.05, 4.69) is 54.3 Å². The van der Waals surface area contributed by atoms with Crippen LogP contribution in [0.3, 0.4) is 0 Å². The summed E-state index contributed by atoms with van der Waals surface area (Å²) in [6.45, 7) is 4.82. The molecule has 0 saturated carbocycles. The minimum atomic E-state index is 0.568. The van der Waals surface area contributed by atoms with Crippen LogP contribution in [0, 0.1) is 0 Å². The summed E-state index contributed by atoms with van der Waals surface area (Å²) >= 11 is 0. The van der Waals surface area contributed by atoms with E-state index in [0.29, 0.717) is 6.04 Å². The van der Waals surface area contributed by atoms with E-state index in [1.807, 2.05) is 0 Å². The number of nitrogens with zero attached hydrogens (tertiary/aromatic N) is 1. The number of hydrogen-bond donors (Lipinski definition) is 0. The van der Waals surface area contributed by atoms with E-state index in [4.69, 9.17) is 0 Å². The molecule has 1 fully saturated rings. The number of benzene rings is 2. The quantitative estimate of drug-likeness (QED) is 0.733. The fourth-order valence-electron chi connectivity index (χ4n) is 2.41. The van der Waals surface area contributed by atoms with Crippen LogP contribution in [0.15, 0.2) is 42.5 Å². The summed E-state index contributed by atoms with van der Waals surface area (Å²) in [5, 5.41) is 2.69.